The number of fused-ring (bicyclic) bond motifs is 1. The van der Waals surface area contributed by atoms with Crippen LogP contribution in [-0.2, 0) is 25.0 Å². The number of rotatable bonds is 2. The number of aryl methyl sites for hydroxylation is 1. The second kappa shape index (κ2) is 8.22. The van der Waals surface area contributed by atoms with Gasteiger partial charge in [-0.05, 0) is 42.2 Å². The number of imidazole rings is 1. The normalized spacial score (nSPS) is 24.3. The van der Waals surface area contributed by atoms with Gasteiger partial charge in [-0.2, -0.15) is 0 Å². The van der Waals surface area contributed by atoms with E-state index in [2.05, 4.69) is 24.9 Å². The second-order valence-electron chi connectivity index (χ2n) is 6.82. The van der Waals surface area contributed by atoms with Crippen molar-refractivity contribution in [1.29, 1.82) is 0 Å². The van der Waals surface area contributed by atoms with Crippen LogP contribution in [0.2, 0.25) is 0 Å². The van der Waals surface area contributed by atoms with Crippen molar-refractivity contribution in [2.45, 2.75) is 58.8 Å². The molecular formula is C19H30N2V. The average Bonchev–Trinajstić information content (AvgIpc) is 3.08. The Morgan fingerprint density at radius 2 is 1.95 bits per heavy atom. The Hall–Kier alpha value is -0.726. The van der Waals surface area contributed by atoms with E-state index in [1.54, 1.807) is 19.3 Å². The summed E-state index contributed by atoms with van der Waals surface area (Å²) in [6, 6.07) is 4.16. The molecule has 121 valence electrons. The third kappa shape index (κ3) is 4.17. The van der Waals surface area contributed by atoms with E-state index in [9.17, 15) is 0 Å². The molecule has 22 heavy (non-hydrogen) atoms. The predicted octanol–water partition coefficient (Wildman–Crippen LogP) is 5.36. The van der Waals surface area contributed by atoms with Crippen LogP contribution in [0.4, 0.5) is 0 Å². The van der Waals surface area contributed by atoms with Gasteiger partial charge in [0, 0.05) is 38.6 Å². The Bertz CT molecular complexity index is 578. The molecule has 0 aromatic carbocycles. The molecule has 3 heteroatoms. The zero-order valence-electron chi connectivity index (χ0n) is 13.9. The van der Waals surface area contributed by atoms with Gasteiger partial charge in [0.25, 0.3) is 0 Å². The monoisotopic (exact) mass is 337 g/mol. The van der Waals surface area contributed by atoms with Crippen molar-refractivity contribution >= 4 is 5.65 Å². The molecule has 2 heterocycles. The number of hydrogen-bond acceptors (Lipinski definition) is 1. The van der Waals surface area contributed by atoms with E-state index in [4.69, 9.17) is 0 Å². The van der Waals surface area contributed by atoms with E-state index >= 15 is 0 Å². The molecule has 0 amide bonds. The van der Waals surface area contributed by atoms with Crippen LogP contribution in [0.5, 0.6) is 0 Å². The van der Waals surface area contributed by atoms with E-state index in [1.807, 2.05) is 29.1 Å². The summed E-state index contributed by atoms with van der Waals surface area (Å²) in [7, 11) is 0. The molecule has 1 radical (unpaired) electrons. The van der Waals surface area contributed by atoms with Crippen molar-refractivity contribution in [3.05, 3.63) is 36.3 Å². The quantitative estimate of drug-likeness (QED) is 0.721. The minimum atomic E-state index is 0. The first-order valence-electron chi connectivity index (χ1n) is 8.70. The van der Waals surface area contributed by atoms with Crippen molar-refractivity contribution in [2.24, 2.45) is 17.8 Å². The molecular weight excluding hydrogens is 307 g/mol. The van der Waals surface area contributed by atoms with Crippen molar-refractivity contribution in [2.75, 3.05) is 0 Å². The van der Waals surface area contributed by atoms with Crippen LogP contribution in [0.3, 0.4) is 0 Å². The fourth-order valence-corrected chi connectivity index (χ4v) is 3.85. The number of nitrogens with zero attached hydrogens (tertiary/aromatic N) is 2. The first kappa shape index (κ1) is 17.6. The number of aromatic nitrogens is 2. The van der Waals surface area contributed by atoms with Crippen LogP contribution in [0.25, 0.3) is 5.65 Å². The third-order valence-corrected chi connectivity index (χ3v) is 5.31. The first-order valence-corrected chi connectivity index (χ1v) is 8.70. The maximum Gasteiger partial charge on any atom is 0.139 e. The Morgan fingerprint density at radius 1 is 1.23 bits per heavy atom. The number of hydrogen-bond donors (Lipinski definition) is 0. The molecule has 0 spiro atoms. The van der Waals surface area contributed by atoms with Gasteiger partial charge >= 0.3 is 0 Å². The fourth-order valence-electron chi connectivity index (χ4n) is 3.85. The molecule has 0 N–H and O–H groups in total. The van der Waals surface area contributed by atoms with Crippen LogP contribution >= 0.6 is 0 Å². The molecule has 0 aliphatic heterocycles. The van der Waals surface area contributed by atoms with E-state index in [-0.39, 0.29) is 20.0 Å². The molecule has 2 fully saturated rings. The smallest absolute Gasteiger partial charge is 0.139 e. The zero-order chi connectivity index (χ0) is 14.7. The van der Waals surface area contributed by atoms with Gasteiger partial charge in [-0.3, -0.25) is 0 Å². The van der Waals surface area contributed by atoms with Crippen LogP contribution in [0.15, 0.2) is 30.7 Å². The van der Waals surface area contributed by atoms with Gasteiger partial charge in [0.05, 0.1) is 0 Å². The van der Waals surface area contributed by atoms with Gasteiger partial charge < -0.3 is 4.40 Å². The largest absolute Gasteiger partial charge is 0.307 e. The summed E-state index contributed by atoms with van der Waals surface area (Å²) in [5, 5.41) is 0. The van der Waals surface area contributed by atoms with E-state index in [0.29, 0.717) is 0 Å². The van der Waals surface area contributed by atoms with Crippen molar-refractivity contribution < 1.29 is 20.0 Å². The predicted molar refractivity (Wildman–Crippen MR) is 90.5 cm³/mol. The zero-order valence-corrected chi connectivity index (χ0v) is 15.3. The Morgan fingerprint density at radius 3 is 2.59 bits per heavy atom. The van der Waals surface area contributed by atoms with Gasteiger partial charge in [0.2, 0.25) is 0 Å². The molecule has 2 aliphatic carbocycles. The van der Waals surface area contributed by atoms with Crippen LogP contribution in [-0.4, -0.2) is 9.38 Å². The molecule has 2 saturated carbocycles. The minimum Gasteiger partial charge on any atom is -0.307 e. The van der Waals surface area contributed by atoms with Crippen LogP contribution < -0.4 is 0 Å². The Labute approximate surface area is 148 Å². The third-order valence-electron chi connectivity index (χ3n) is 5.31. The van der Waals surface area contributed by atoms with Gasteiger partial charge in [-0.25, -0.2) is 4.98 Å². The summed E-state index contributed by atoms with van der Waals surface area (Å²) in [5.74, 6) is 3.38. The summed E-state index contributed by atoms with van der Waals surface area (Å²) < 4.78 is 2.04. The fraction of sp³-hybridized carbons (Fsp3) is 0.632. The van der Waals surface area contributed by atoms with Gasteiger partial charge in [0.1, 0.15) is 5.65 Å². The van der Waals surface area contributed by atoms with Crippen molar-refractivity contribution in [3.63, 3.8) is 0 Å². The molecule has 2 unspecified atom stereocenters. The van der Waals surface area contributed by atoms with Gasteiger partial charge in [-0.1, -0.05) is 52.0 Å². The molecule has 0 bridgehead atoms. The van der Waals surface area contributed by atoms with Crippen molar-refractivity contribution in [3.8, 4) is 0 Å². The summed E-state index contributed by atoms with van der Waals surface area (Å²) >= 11 is 0. The Balaban J connectivity index is 0.000000212. The van der Waals surface area contributed by atoms with Gasteiger partial charge in [0.15, 0.2) is 0 Å². The molecule has 2 atom stereocenters. The van der Waals surface area contributed by atoms with E-state index in [0.717, 1.165) is 29.8 Å². The standard InChI is InChI=1S/C10H18.C9H10N2.V.H2/c1-8-7-10(8)9-5-3-2-4-6-9;1-2-8-4-3-6-11-7-5-10-9(8)11;;/h8-10H,2-7H2,1H3;3-7H,2H2,1H3;;1H. The molecule has 2 nitrogen and oxygen atoms in total. The molecule has 0 saturated heterocycles. The minimum absolute atomic E-state index is 0. The molecule has 2 aromatic rings. The topological polar surface area (TPSA) is 17.3 Å². The van der Waals surface area contributed by atoms with Gasteiger partial charge in [-0.15, -0.1) is 0 Å². The number of pyridine rings is 1. The maximum atomic E-state index is 4.25. The average molecular weight is 337 g/mol. The summed E-state index contributed by atoms with van der Waals surface area (Å²) in [6.45, 7) is 4.56. The SMILES string of the molecule is CC1CC1C1CCCCC1.CCc1cccn2ccnc12.[HH].[V]. The molecule has 4 rings (SSSR count). The van der Waals surface area contributed by atoms with Crippen LogP contribution in [0.1, 0.15) is 59.4 Å². The molecule has 2 aromatic heterocycles. The summed E-state index contributed by atoms with van der Waals surface area (Å²) in [5.41, 5.74) is 2.38. The maximum absolute atomic E-state index is 4.25. The molecule has 2 aliphatic rings. The second-order valence-corrected chi connectivity index (χ2v) is 6.82. The Kier molecular flexibility index (Phi) is 6.58. The van der Waals surface area contributed by atoms with E-state index < -0.39 is 0 Å². The first-order chi connectivity index (χ1) is 10.3. The summed E-state index contributed by atoms with van der Waals surface area (Å²) in [6.07, 6.45) is 16.1. The van der Waals surface area contributed by atoms with Crippen LogP contribution in [0, 0.1) is 17.8 Å². The van der Waals surface area contributed by atoms with Crippen molar-refractivity contribution in [1.82, 2.24) is 9.38 Å². The van der Waals surface area contributed by atoms with E-state index in [1.165, 1.54) is 24.8 Å². The summed E-state index contributed by atoms with van der Waals surface area (Å²) in [4.78, 5) is 4.25.